The van der Waals surface area contributed by atoms with Crippen molar-refractivity contribution < 1.29 is 14.2 Å². The number of methoxy groups -OCH3 is 3. The van der Waals surface area contributed by atoms with Gasteiger partial charge in [-0.05, 0) is 6.07 Å². The zero-order chi connectivity index (χ0) is 18.0. The van der Waals surface area contributed by atoms with Crippen LogP contribution in [0.2, 0.25) is 0 Å². The summed E-state index contributed by atoms with van der Waals surface area (Å²) in [5.74, 6) is 1.98. The van der Waals surface area contributed by atoms with Gasteiger partial charge in [-0.2, -0.15) is 0 Å². The molecular weight excluding hydrogens is 326 g/mol. The summed E-state index contributed by atoms with van der Waals surface area (Å²) in [7, 11) is 6.37. The topological polar surface area (TPSA) is 93.3 Å². The van der Waals surface area contributed by atoms with Crippen molar-refractivity contribution in [2.24, 2.45) is 7.05 Å². The highest BCUT2D eigenvalue weighted by atomic mass is 16.5. The van der Waals surface area contributed by atoms with Gasteiger partial charge in [0.05, 0.1) is 33.0 Å². The Kier molecular flexibility index (Phi) is 4.55. The number of ether oxygens (including phenoxy) is 3. The van der Waals surface area contributed by atoms with E-state index < -0.39 is 0 Å². The molecule has 0 N–H and O–H groups in total. The van der Waals surface area contributed by atoms with E-state index in [2.05, 4.69) is 15.2 Å². The molecule has 0 aliphatic heterocycles. The Balaban J connectivity index is 2.07. The molecule has 0 unspecified atom stereocenters. The summed E-state index contributed by atoms with van der Waals surface area (Å²) in [6.45, 7) is 0.435. The van der Waals surface area contributed by atoms with E-state index >= 15 is 0 Å². The lowest BCUT2D eigenvalue weighted by molar-refractivity contribution is 0.326. The molecule has 9 heteroatoms. The molecule has 3 aromatic rings. The molecule has 2 heterocycles. The van der Waals surface area contributed by atoms with Gasteiger partial charge in [0, 0.05) is 20.0 Å². The molecule has 0 spiro atoms. The lowest BCUT2D eigenvalue weighted by Gasteiger charge is -2.14. The lowest BCUT2D eigenvalue weighted by atomic mass is 10.2. The lowest BCUT2D eigenvalue weighted by Crippen LogP contribution is -2.22. The van der Waals surface area contributed by atoms with Crippen molar-refractivity contribution in [3.8, 4) is 17.2 Å². The summed E-state index contributed by atoms with van der Waals surface area (Å²) in [5.41, 5.74) is 0.242. The second-order valence-electron chi connectivity index (χ2n) is 5.39. The molecule has 132 valence electrons. The average molecular weight is 345 g/mol. The third kappa shape index (κ3) is 2.88. The Morgan fingerprint density at radius 1 is 1.08 bits per heavy atom. The van der Waals surface area contributed by atoms with Crippen molar-refractivity contribution in [1.29, 1.82) is 0 Å². The van der Waals surface area contributed by atoms with Gasteiger partial charge >= 0.3 is 0 Å². The number of fused-ring (bicyclic) bond motifs is 1. The third-order valence-electron chi connectivity index (χ3n) is 4.00. The van der Waals surface area contributed by atoms with Gasteiger partial charge in [0.25, 0.3) is 5.56 Å². The van der Waals surface area contributed by atoms with E-state index in [1.165, 1.54) is 32.2 Å². The molecule has 0 aliphatic rings. The Labute approximate surface area is 143 Å². The second kappa shape index (κ2) is 6.80. The standard InChI is InChI=1S/C16H19N5O4/c1-20-9-18-19-12(20)5-6-21-8-17-13-10(16(21)22)7-11(23-2)14(24-3)15(13)25-4/h7-9H,5-6H2,1-4H3. The average Bonchev–Trinajstić information content (AvgIpc) is 3.04. The van der Waals surface area contributed by atoms with Crippen LogP contribution in [0.4, 0.5) is 0 Å². The van der Waals surface area contributed by atoms with Crippen molar-refractivity contribution in [2.45, 2.75) is 13.0 Å². The third-order valence-corrected chi connectivity index (χ3v) is 4.00. The Morgan fingerprint density at radius 3 is 2.44 bits per heavy atom. The van der Waals surface area contributed by atoms with Crippen LogP contribution in [0.5, 0.6) is 17.2 Å². The molecule has 0 amide bonds. The highest BCUT2D eigenvalue weighted by Gasteiger charge is 2.19. The smallest absolute Gasteiger partial charge is 0.261 e. The van der Waals surface area contributed by atoms with Crippen LogP contribution in [0, 0.1) is 0 Å². The Morgan fingerprint density at radius 2 is 1.84 bits per heavy atom. The highest BCUT2D eigenvalue weighted by molar-refractivity contribution is 5.89. The summed E-state index contributed by atoms with van der Waals surface area (Å²) >= 11 is 0. The number of aromatic nitrogens is 5. The van der Waals surface area contributed by atoms with E-state index in [0.717, 1.165) is 5.82 Å². The zero-order valence-corrected chi connectivity index (χ0v) is 14.5. The molecule has 0 atom stereocenters. The Hall–Kier alpha value is -3.10. The largest absolute Gasteiger partial charge is 0.493 e. The first-order valence-electron chi connectivity index (χ1n) is 7.61. The fraction of sp³-hybridized carbons (Fsp3) is 0.375. The minimum atomic E-state index is -0.188. The van der Waals surface area contributed by atoms with Crippen LogP contribution < -0.4 is 19.8 Å². The van der Waals surface area contributed by atoms with Crippen LogP contribution in [0.3, 0.4) is 0 Å². The van der Waals surface area contributed by atoms with Gasteiger partial charge in [-0.25, -0.2) is 4.98 Å². The normalized spacial score (nSPS) is 10.9. The van der Waals surface area contributed by atoms with Crippen molar-refractivity contribution >= 4 is 10.9 Å². The number of hydrogen-bond acceptors (Lipinski definition) is 7. The van der Waals surface area contributed by atoms with Crippen molar-refractivity contribution in [3.63, 3.8) is 0 Å². The maximum atomic E-state index is 12.8. The summed E-state index contributed by atoms with van der Waals surface area (Å²) in [6, 6.07) is 1.62. The van der Waals surface area contributed by atoms with Crippen molar-refractivity contribution in [3.05, 3.63) is 34.9 Å². The molecule has 0 saturated carbocycles. The quantitative estimate of drug-likeness (QED) is 0.652. The molecular formula is C16H19N5O4. The molecule has 25 heavy (non-hydrogen) atoms. The second-order valence-corrected chi connectivity index (χ2v) is 5.39. The minimum Gasteiger partial charge on any atom is -0.493 e. The van der Waals surface area contributed by atoms with Crippen LogP contribution in [0.15, 0.2) is 23.5 Å². The van der Waals surface area contributed by atoms with Crippen LogP contribution in [-0.2, 0) is 20.0 Å². The summed E-state index contributed by atoms with van der Waals surface area (Å²) in [5, 5.41) is 8.25. The molecule has 1 aromatic carbocycles. The van der Waals surface area contributed by atoms with Gasteiger partial charge in [0.15, 0.2) is 11.5 Å². The number of aryl methyl sites for hydroxylation is 3. The first kappa shape index (κ1) is 16.7. The van der Waals surface area contributed by atoms with Gasteiger partial charge in [-0.15, -0.1) is 10.2 Å². The predicted octanol–water partition coefficient (Wildman–Crippen LogP) is 0.793. The molecule has 0 fully saturated rings. The van der Waals surface area contributed by atoms with E-state index in [1.807, 2.05) is 11.6 Å². The number of hydrogen-bond donors (Lipinski definition) is 0. The monoisotopic (exact) mass is 345 g/mol. The van der Waals surface area contributed by atoms with E-state index in [1.54, 1.807) is 12.4 Å². The molecule has 0 saturated heterocycles. The first-order valence-corrected chi connectivity index (χ1v) is 7.61. The van der Waals surface area contributed by atoms with Gasteiger partial charge in [-0.3, -0.25) is 9.36 Å². The summed E-state index contributed by atoms with van der Waals surface area (Å²) in [6.07, 6.45) is 3.68. The van der Waals surface area contributed by atoms with Crippen molar-refractivity contribution in [2.75, 3.05) is 21.3 Å². The van der Waals surface area contributed by atoms with Gasteiger partial charge in [-0.1, -0.05) is 0 Å². The maximum Gasteiger partial charge on any atom is 0.261 e. The van der Waals surface area contributed by atoms with Gasteiger partial charge < -0.3 is 18.8 Å². The fourth-order valence-electron chi connectivity index (χ4n) is 2.68. The molecule has 0 aliphatic carbocycles. The minimum absolute atomic E-state index is 0.188. The molecule has 0 radical (unpaired) electrons. The van der Waals surface area contributed by atoms with Crippen LogP contribution in [0.1, 0.15) is 5.82 Å². The van der Waals surface area contributed by atoms with Crippen LogP contribution in [-0.4, -0.2) is 45.6 Å². The molecule has 3 rings (SSSR count). The molecule has 2 aromatic heterocycles. The SMILES string of the molecule is COc1cc2c(=O)n(CCc3nncn3C)cnc2c(OC)c1OC. The first-order chi connectivity index (χ1) is 12.1. The number of rotatable bonds is 6. The van der Waals surface area contributed by atoms with E-state index in [0.29, 0.717) is 41.1 Å². The van der Waals surface area contributed by atoms with Gasteiger partial charge in [0.2, 0.25) is 5.75 Å². The summed E-state index contributed by atoms with van der Waals surface area (Å²) < 4.78 is 19.4. The number of nitrogens with zero attached hydrogens (tertiary/aromatic N) is 5. The summed E-state index contributed by atoms with van der Waals surface area (Å²) in [4.78, 5) is 17.2. The highest BCUT2D eigenvalue weighted by Crippen LogP contribution is 2.41. The molecule has 9 nitrogen and oxygen atoms in total. The van der Waals surface area contributed by atoms with Gasteiger partial charge in [0.1, 0.15) is 17.7 Å². The molecule has 0 bridgehead atoms. The van der Waals surface area contributed by atoms with E-state index in [-0.39, 0.29) is 5.56 Å². The van der Waals surface area contributed by atoms with Crippen LogP contribution in [0.25, 0.3) is 10.9 Å². The maximum absolute atomic E-state index is 12.8. The predicted molar refractivity (Wildman–Crippen MR) is 90.4 cm³/mol. The van der Waals surface area contributed by atoms with E-state index in [9.17, 15) is 4.79 Å². The van der Waals surface area contributed by atoms with Crippen molar-refractivity contribution in [1.82, 2.24) is 24.3 Å². The Bertz CT molecular complexity index is 963. The van der Waals surface area contributed by atoms with E-state index in [4.69, 9.17) is 14.2 Å². The fourth-order valence-corrected chi connectivity index (χ4v) is 2.68. The van der Waals surface area contributed by atoms with Crippen LogP contribution >= 0.6 is 0 Å². The zero-order valence-electron chi connectivity index (χ0n) is 14.5. The number of benzene rings is 1.